The Bertz CT molecular complexity index is 294. The second kappa shape index (κ2) is 3.18. The second-order valence-electron chi connectivity index (χ2n) is 3.87. The maximum absolute atomic E-state index is 5.44. The molecule has 0 N–H and O–H groups in total. The normalized spacial score (nSPS) is 12.2. The summed E-state index contributed by atoms with van der Waals surface area (Å²) in [5.74, 6) is 0.973. The van der Waals surface area contributed by atoms with Crippen molar-refractivity contribution >= 4 is 31.9 Å². The molecule has 0 fully saturated rings. The van der Waals surface area contributed by atoms with Crippen molar-refractivity contribution in [3.63, 3.8) is 0 Å². The Balaban J connectivity index is 3.32. The third-order valence-electron chi connectivity index (χ3n) is 1.74. The molecule has 0 amide bonds. The number of halogens is 2. The average Bonchev–Trinajstić information content (AvgIpc) is 2.05. The fourth-order valence-electron chi connectivity index (χ4n) is 1.34. The predicted octanol–water partition coefficient (Wildman–Crippen LogP) is 4.41. The van der Waals surface area contributed by atoms with Gasteiger partial charge in [-0.15, -0.1) is 0 Å². The van der Waals surface area contributed by atoms with Gasteiger partial charge in [-0.3, -0.25) is 0 Å². The SMILES string of the molecule is Cc1oc(Br)c(Br)c1C(C)(C)C. The van der Waals surface area contributed by atoms with Gasteiger partial charge in [0.05, 0.1) is 4.47 Å². The van der Waals surface area contributed by atoms with Crippen LogP contribution >= 0.6 is 31.9 Å². The molecule has 1 rings (SSSR count). The zero-order valence-electron chi connectivity index (χ0n) is 7.66. The van der Waals surface area contributed by atoms with Gasteiger partial charge in [-0.2, -0.15) is 0 Å². The minimum absolute atomic E-state index is 0.123. The zero-order chi connectivity index (χ0) is 9.52. The standard InChI is InChI=1S/C9H12Br2O/c1-5-6(9(2,3)4)7(10)8(11)12-5/h1-4H3. The molecule has 0 aliphatic carbocycles. The van der Waals surface area contributed by atoms with Crippen molar-refractivity contribution in [1.29, 1.82) is 0 Å². The molecule has 1 aromatic heterocycles. The fraction of sp³-hybridized carbons (Fsp3) is 0.556. The van der Waals surface area contributed by atoms with Gasteiger partial charge in [-0.05, 0) is 44.2 Å². The molecule has 0 aliphatic rings. The summed E-state index contributed by atoms with van der Waals surface area (Å²) in [6, 6.07) is 0. The van der Waals surface area contributed by atoms with Gasteiger partial charge in [-0.25, -0.2) is 0 Å². The van der Waals surface area contributed by atoms with Gasteiger partial charge >= 0.3 is 0 Å². The Kier molecular flexibility index (Phi) is 2.74. The fourth-order valence-corrected chi connectivity index (χ4v) is 2.74. The molecule has 3 heteroatoms. The van der Waals surface area contributed by atoms with E-state index in [0.717, 1.165) is 14.9 Å². The Morgan fingerprint density at radius 1 is 1.17 bits per heavy atom. The number of hydrogen-bond acceptors (Lipinski definition) is 1. The molecular weight excluding hydrogens is 284 g/mol. The summed E-state index contributed by atoms with van der Waals surface area (Å²) in [7, 11) is 0. The lowest BCUT2D eigenvalue weighted by atomic mass is 9.87. The van der Waals surface area contributed by atoms with Crippen molar-refractivity contribution in [3.8, 4) is 0 Å². The smallest absolute Gasteiger partial charge is 0.183 e. The van der Waals surface area contributed by atoms with E-state index in [4.69, 9.17) is 4.42 Å². The molecule has 1 heterocycles. The zero-order valence-corrected chi connectivity index (χ0v) is 10.8. The van der Waals surface area contributed by atoms with Gasteiger partial charge in [0.25, 0.3) is 0 Å². The molecule has 12 heavy (non-hydrogen) atoms. The van der Waals surface area contributed by atoms with Crippen LogP contribution < -0.4 is 0 Å². The molecule has 0 bridgehead atoms. The first kappa shape index (κ1) is 10.3. The number of furan rings is 1. The molecule has 0 saturated heterocycles. The molecule has 1 aromatic rings. The summed E-state index contributed by atoms with van der Waals surface area (Å²) in [4.78, 5) is 0. The van der Waals surface area contributed by atoms with Crippen molar-refractivity contribution in [1.82, 2.24) is 0 Å². The lowest BCUT2D eigenvalue weighted by molar-refractivity contribution is 0.490. The van der Waals surface area contributed by atoms with E-state index in [-0.39, 0.29) is 5.41 Å². The maximum Gasteiger partial charge on any atom is 0.183 e. The van der Waals surface area contributed by atoms with Crippen molar-refractivity contribution in [2.24, 2.45) is 0 Å². The van der Waals surface area contributed by atoms with Crippen LogP contribution in [0.1, 0.15) is 32.1 Å². The van der Waals surface area contributed by atoms with Gasteiger partial charge in [0.1, 0.15) is 5.76 Å². The lowest BCUT2D eigenvalue weighted by Gasteiger charge is -2.17. The molecule has 0 aliphatic heterocycles. The summed E-state index contributed by atoms with van der Waals surface area (Å²) < 4.78 is 7.26. The molecule has 0 atom stereocenters. The molecule has 0 saturated carbocycles. The molecule has 0 radical (unpaired) electrons. The van der Waals surface area contributed by atoms with E-state index < -0.39 is 0 Å². The van der Waals surface area contributed by atoms with Crippen molar-refractivity contribution in [2.75, 3.05) is 0 Å². The van der Waals surface area contributed by atoms with E-state index in [1.165, 1.54) is 5.56 Å². The van der Waals surface area contributed by atoms with E-state index in [9.17, 15) is 0 Å². The third kappa shape index (κ3) is 1.77. The molecular formula is C9H12Br2O. The predicted molar refractivity (Wildman–Crippen MR) is 57.5 cm³/mol. The summed E-state index contributed by atoms with van der Waals surface area (Å²) >= 11 is 6.84. The molecule has 0 unspecified atom stereocenters. The summed E-state index contributed by atoms with van der Waals surface area (Å²) in [6.07, 6.45) is 0. The topological polar surface area (TPSA) is 13.1 Å². The Morgan fingerprint density at radius 3 is 1.83 bits per heavy atom. The van der Waals surface area contributed by atoms with Crippen LogP contribution in [-0.2, 0) is 5.41 Å². The van der Waals surface area contributed by atoms with Crippen LogP contribution in [0, 0.1) is 6.92 Å². The first-order valence-electron chi connectivity index (χ1n) is 3.79. The van der Waals surface area contributed by atoms with Crippen LogP contribution in [0.2, 0.25) is 0 Å². The molecule has 0 spiro atoms. The highest BCUT2D eigenvalue weighted by molar-refractivity contribution is 9.13. The Morgan fingerprint density at radius 2 is 1.67 bits per heavy atom. The van der Waals surface area contributed by atoms with Gasteiger partial charge in [-0.1, -0.05) is 20.8 Å². The van der Waals surface area contributed by atoms with Crippen LogP contribution in [0.25, 0.3) is 0 Å². The average molecular weight is 296 g/mol. The van der Waals surface area contributed by atoms with E-state index in [1.54, 1.807) is 0 Å². The lowest BCUT2D eigenvalue weighted by Crippen LogP contribution is -2.11. The summed E-state index contributed by atoms with van der Waals surface area (Å²) in [5.41, 5.74) is 1.35. The number of aryl methyl sites for hydroxylation is 1. The van der Waals surface area contributed by atoms with Crippen LogP contribution in [0.5, 0.6) is 0 Å². The molecule has 1 nitrogen and oxygen atoms in total. The summed E-state index contributed by atoms with van der Waals surface area (Å²) in [5, 5.41) is 0. The van der Waals surface area contributed by atoms with E-state index in [1.807, 2.05) is 6.92 Å². The minimum Gasteiger partial charge on any atom is -0.453 e. The number of rotatable bonds is 0. The molecule has 0 aromatic carbocycles. The molecule has 68 valence electrons. The van der Waals surface area contributed by atoms with Gasteiger partial charge in [0.15, 0.2) is 4.67 Å². The monoisotopic (exact) mass is 294 g/mol. The quantitative estimate of drug-likeness (QED) is 0.691. The van der Waals surface area contributed by atoms with Crippen LogP contribution in [0.15, 0.2) is 13.6 Å². The van der Waals surface area contributed by atoms with Crippen molar-refractivity contribution < 1.29 is 4.42 Å². The highest BCUT2D eigenvalue weighted by Gasteiger charge is 2.24. The van der Waals surface area contributed by atoms with Crippen LogP contribution in [0.4, 0.5) is 0 Å². The summed E-state index contributed by atoms with van der Waals surface area (Å²) in [6.45, 7) is 8.49. The van der Waals surface area contributed by atoms with E-state index >= 15 is 0 Å². The third-order valence-corrected chi connectivity index (χ3v) is 3.58. The Hall–Kier alpha value is 0.240. The minimum atomic E-state index is 0.123. The van der Waals surface area contributed by atoms with Crippen LogP contribution in [-0.4, -0.2) is 0 Å². The van der Waals surface area contributed by atoms with Crippen LogP contribution in [0.3, 0.4) is 0 Å². The highest BCUT2D eigenvalue weighted by Crippen LogP contribution is 2.39. The number of hydrogen-bond donors (Lipinski definition) is 0. The van der Waals surface area contributed by atoms with Crippen molar-refractivity contribution in [3.05, 3.63) is 20.5 Å². The highest BCUT2D eigenvalue weighted by atomic mass is 79.9. The van der Waals surface area contributed by atoms with Gasteiger partial charge in [0.2, 0.25) is 0 Å². The van der Waals surface area contributed by atoms with E-state index in [2.05, 4.69) is 52.6 Å². The van der Waals surface area contributed by atoms with Gasteiger partial charge < -0.3 is 4.42 Å². The van der Waals surface area contributed by atoms with E-state index in [0.29, 0.717) is 0 Å². The van der Waals surface area contributed by atoms with Gasteiger partial charge in [0, 0.05) is 5.56 Å². The van der Waals surface area contributed by atoms with Crippen molar-refractivity contribution in [2.45, 2.75) is 33.1 Å². The largest absolute Gasteiger partial charge is 0.453 e. The first-order valence-corrected chi connectivity index (χ1v) is 5.37. The first-order chi connectivity index (χ1) is 5.34. The maximum atomic E-state index is 5.44. The Labute approximate surface area is 89.8 Å². The second-order valence-corrected chi connectivity index (χ2v) is 5.38.